The number of carbonyl (C=O) groups excluding carboxylic acids is 11. The third-order valence-electron chi connectivity index (χ3n) is 13.4. The van der Waals surface area contributed by atoms with E-state index in [-0.39, 0.29) is 116 Å². The molecule has 4 heterocycles. The van der Waals surface area contributed by atoms with Crippen molar-refractivity contribution in [2.75, 3.05) is 33.2 Å². The number of aromatic nitrogens is 2. The summed E-state index contributed by atoms with van der Waals surface area (Å²) in [5.74, 6) is -4.86. The molecule has 2 saturated heterocycles. The molecule has 2 fully saturated rings. The van der Waals surface area contributed by atoms with Crippen molar-refractivity contribution in [2.24, 2.45) is 16.6 Å². The number of unbranched alkanes of at least 4 members (excludes halogenated alkanes) is 1. The van der Waals surface area contributed by atoms with Crippen LogP contribution in [0.5, 0.6) is 0 Å². The number of amides is 10. The summed E-state index contributed by atoms with van der Waals surface area (Å²) < 4.78 is 0. The van der Waals surface area contributed by atoms with Crippen molar-refractivity contribution >= 4 is 71.2 Å². The van der Waals surface area contributed by atoms with Crippen LogP contribution >= 0.6 is 0 Å². The van der Waals surface area contributed by atoms with Crippen molar-refractivity contribution in [1.29, 1.82) is 0 Å². The van der Waals surface area contributed by atoms with E-state index in [1.54, 1.807) is 51.3 Å². The number of nitrogens with one attached hydrogen (secondary N) is 8. The third kappa shape index (κ3) is 22.8. The van der Waals surface area contributed by atoms with Gasteiger partial charge in [0, 0.05) is 98.2 Å². The fourth-order valence-corrected chi connectivity index (χ4v) is 9.10. The monoisotopic (exact) mass is 1210 g/mol. The minimum atomic E-state index is -1.57. The predicted octanol–water partition coefficient (Wildman–Crippen LogP) is -1.46. The number of pyridine rings is 2. The Bertz CT molecular complexity index is 2550. The Balaban J connectivity index is 0.0000172. The molecule has 81 heavy (non-hydrogen) atoms. The Kier molecular flexibility index (Phi) is 29.4. The predicted molar refractivity (Wildman–Crippen MR) is 294 cm³/mol. The van der Waals surface area contributed by atoms with Gasteiger partial charge in [-0.15, -0.1) is 18.8 Å². The van der Waals surface area contributed by atoms with Crippen LogP contribution in [0, 0.1) is 18.3 Å². The number of rotatable bonds is 19. The maximum Gasteiger partial charge on any atom is 0.246 e. The van der Waals surface area contributed by atoms with Crippen LogP contribution in [0.25, 0.3) is 0 Å². The first-order valence-electron chi connectivity index (χ1n) is 27.0. The zero-order valence-corrected chi connectivity index (χ0v) is 48.6. The van der Waals surface area contributed by atoms with Crippen molar-refractivity contribution in [3.63, 3.8) is 0 Å². The summed E-state index contributed by atoms with van der Waals surface area (Å²) in [6.07, 6.45) is 14.0. The first kappa shape index (κ1) is 67.7. The van der Waals surface area contributed by atoms with Crippen molar-refractivity contribution < 1.29 is 73.8 Å². The molecule has 8 atom stereocenters. The molecule has 2 aromatic rings. The minimum Gasteiger partial charge on any atom is -0.542 e. The molecule has 0 bridgehead atoms. The average molecular weight is 1210 g/mol. The van der Waals surface area contributed by atoms with E-state index >= 15 is 0 Å². The molecule has 2 aromatic heterocycles. The van der Waals surface area contributed by atoms with Gasteiger partial charge in [-0.05, 0) is 107 Å². The van der Waals surface area contributed by atoms with E-state index < -0.39 is 114 Å². The molecule has 440 valence electrons. The number of hydrogen-bond donors (Lipinski definition) is 9. The van der Waals surface area contributed by atoms with Crippen LogP contribution in [0.4, 0.5) is 0 Å². The first-order chi connectivity index (χ1) is 38.2. The number of amidine groups is 1. The molecule has 0 aliphatic carbocycles. The summed E-state index contributed by atoms with van der Waals surface area (Å²) in [5, 5.41) is 21.1. The Hall–Kier alpha value is -7.61. The number of aliphatic imine (C=N–C) groups is 1. The van der Waals surface area contributed by atoms with Crippen LogP contribution in [0.2, 0.25) is 0 Å². The number of likely N-dealkylation sites (N-methyl/N-ethyl adjacent to an activating group) is 1. The van der Waals surface area contributed by atoms with Crippen LogP contribution in [0.1, 0.15) is 109 Å². The average Bonchev–Trinajstić information content (AvgIpc) is 3.93. The molecule has 10 N–H and O–H groups in total. The normalized spacial score (nSPS) is 23.4. The third-order valence-corrected chi connectivity index (χ3v) is 13.4. The fraction of sp³-hybridized carbons (Fsp3) is 0.564. The van der Waals surface area contributed by atoms with Crippen molar-refractivity contribution in [2.45, 2.75) is 160 Å². The maximum absolute atomic E-state index is 14.9. The SMILES string of the molecule is C#CCCC(=O)NCCCCC1C(=O)N[C@@H](Cc2ccncc2)C(=O)NC(CCCN=C(C)N)C(=O)NCC(=O)NC(C[C-]=O)C(=O)NC(CC(C)C)C(=O)N[C@@H](C)C(=O)N[C@@H](Cc2ccncc2)C(=O)N2CCC[C@@H]2C(=O)N1C.[Mo]. The van der Waals surface area contributed by atoms with E-state index in [2.05, 4.69) is 63.4 Å². The van der Waals surface area contributed by atoms with E-state index in [1.807, 2.05) is 0 Å². The summed E-state index contributed by atoms with van der Waals surface area (Å²) >= 11 is 0. The Morgan fingerprint density at radius 3 is 1.99 bits per heavy atom. The van der Waals surface area contributed by atoms with E-state index in [0.717, 1.165) is 0 Å². The van der Waals surface area contributed by atoms with Crippen LogP contribution in [-0.4, -0.2) is 173 Å². The Labute approximate surface area is 487 Å². The van der Waals surface area contributed by atoms with Crippen LogP contribution in [-0.2, 0) is 86.6 Å². The zero-order chi connectivity index (χ0) is 58.7. The molecule has 25 nitrogen and oxygen atoms in total. The summed E-state index contributed by atoms with van der Waals surface area (Å²) in [4.78, 5) is 167. The van der Waals surface area contributed by atoms with E-state index in [4.69, 9.17) is 12.2 Å². The van der Waals surface area contributed by atoms with Gasteiger partial charge in [-0.2, -0.15) is 0 Å². The standard InChI is InChI=1S/C55H77N14O11.Mo/c1-7-8-16-46(71)60-22-10-9-14-44-53(78)66-42(31-37-17-24-57-25-18-37)52(77)64-39(13-11-23-59-36(5)56)49(74)61-33-47(72)63-40(21-29-70)50(75)65-41(30-34(2)3)51(76)62-35(4)48(73)67-43(32-38-19-26-58-27-20-38)54(79)69-28-12-15-45(69)55(80)68(44)6;/h1,17-20,24-27,34-35,39-45H,8-16,21-23,28,30-33H2,2-6H3,(H2,56,59)(H,60,71)(H,61,74)(H,62,76)(H,63,72)(H,64,77)(H,65,75)(H,66,78)(H,67,73);/q-1;/t35-,39?,40?,41?,42-,43-,44?,45+;/m0./s1. The van der Waals surface area contributed by atoms with Gasteiger partial charge in [0.05, 0.1) is 18.4 Å². The van der Waals surface area contributed by atoms with Crippen LogP contribution < -0.4 is 48.3 Å². The quantitative estimate of drug-likeness (QED) is 0.0194. The van der Waals surface area contributed by atoms with Gasteiger partial charge in [-0.3, -0.25) is 69.2 Å². The molecule has 0 aromatic carbocycles. The largest absolute Gasteiger partial charge is 0.542 e. The number of nitrogens with zero attached hydrogens (tertiary/aromatic N) is 5. The van der Waals surface area contributed by atoms with Gasteiger partial charge in [0.2, 0.25) is 59.1 Å². The van der Waals surface area contributed by atoms with Gasteiger partial charge < -0.3 is 62.9 Å². The van der Waals surface area contributed by atoms with Gasteiger partial charge in [0.25, 0.3) is 0 Å². The molecular weight excluding hydrogens is 1130 g/mol. The van der Waals surface area contributed by atoms with Gasteiger partial charge >= 0.3 is 0 Å². The summed E-state index contributed by atoms with van der Waals surface area (Å²) in [5.41, 5.74) is 6.92. The second kappa shape index (κ2) is 35.2. The smallest absolute Gasteiger partial charge is 0.246 e. The van der Waals surface area contributed by atoms with Crippen LogP contribution in [0.3, 0.4) is 0 Å². The van der Waals surface area contributed by atoms with Crippen molar-refractivity contribution in [3.8, 4) is 12.3 Å². The summed E-state index contributed by atoms with van der Waals surface area (Å²) in [7, 11) is 1.42. The fourth-order valence-electron chi connectivity index (χ4n) is 9.10. The van der Waals surface area contributed by atoms with Crippen LogP contribution in [0.15, 0.2) is 54.0 Å². The molecule has 26 heteroatoms. The van der Waals surface area contributed by atoms with E-state index in [1.165, 1.54) is 48.6 Å². The molecule has 0 radical (unpaired) electrons. The second-order valence-corrected chi connectivity index (χ2v) is 20.3. The van der Waals surface area contributed by atoms with Gasteiger partial charge in [0.15, 0.2) is 0 Å². The number of fused-ring (bicyclic) bond motifs is 1. The van der Waals surface area contributed by atoms with Gasteiger partial charge in [0.1, 0.15) is 42.3 Å². The number of terminal acetylenes is 1. The number of carbonyl (C=O) groups is 10. The number of hydrogen-bond acceptors (Lipinski definition) is 14. The topological polar surface area (TPSA) is 355 Å². The van der Waals surface area contributed by atoms with Gasteiger partial charge in [-0.1, -0.05) is 13.8 Å². The molecular formula is C55H77MoN14O11-. The first-order valence-corrected chi connectivity index (χ1v) is 27.0. The Morgan fingerprint density at radius 1 is 0.778 bits per heavy atom. The molecule has 0 spiro atoms. The molecule has 10 amide bonds. The van der Waals surface area contributed by atoms with Crippen molar-refractivity contribution in [1.82, 2.24) is 62.3 Å². The van der Waals surface area contributed by atoms with E-state index in [0.29, 0.717) is 30.4 Å². The molecule has 2 aliphatic rings. The molecule has 4 rings (SSSR count). The maximum atomic E-state index is 14.9. The zero-order valence-electron chi connectivity index (χ0n) is 46.6. The molecule has 0 saturated carbocycles. The summed E-state index contributed by atoms with van der Waals surface area (Å²) in [6.45, 7) is 6.27. The van der Waals surface area contributed by atoms with E-state index in [9.17, 15) is 52.7 Å². The summed E-state index contributed by atoms with van der Waals surface area (Å²) in [6, 6.07) is -3.97. The Morgan fingerprint density at radius 2 is 1.37 bits per heavy atom. The van der Waals surface area contributed by atoms with Gasteiger partial charge in [-0.25, -0.2) is 0 Å². The molecule has 4 unspecified atom stereocenters. The number of nitrogens with two attached hydrogens (primary N) is 1. The molecule has 2 aliphatic heterocycles. The van der Waals surface area contributed by atoms with Crippen molar-refractivity contribution in [3.05, 3.63) is 60.2 Å². The second-order valence-electron chi connectivity index (χ2n) is 20.3. The minimum absolute atomic E-state index is 0.